The number of benzene rings is 2. The van der Waals surface area contributed by atoms with Gasteiger partial charge in [-0.05, 0) is 43.2 Å². The Labute approximate surface area is 188 Å². The monoisotopic (exact) mass is 445 g/mol. The number of hydrogen-bond donors (Lipinski definition) is 2. The zero-order chi connectivity index (χ0) is 23.7. The fourth-order valence-corrected chi connectivity index (χ4v) is 3.61. The van der Waals surface area contributed by atoms with Crippen molar-refractivity contribution < 1.29 is 5.11 Å². The summed E-state index contributed by atoms with van der Waals surface area (Å²) >= 11 is 0. The maximum Gasteiger partial charge on any atom is 0.335 e. The molecule has 9 heteroatoms. The summed E-state index contributed by atoms with van der Waals surface area (Å²) in [7, 11) is 1.73. The van der Waals surface area contributed by atoms with Crippen LogP contribution in [-0.4, -0.2) is 30.2 Å². The predicted molar refractivity (Wildman–Crippen MR) is 127 cm³/mol. The second kappa shape index (κ2) is 8.62. The molecule has 0 amide bonds. The molecule has 2 aromatic carbocycles. The molecule has 9 nitrogen and oxygen atoms in total. The molecule has 2 aromatic heterocycles. The molecule has 0 saturated heterocycles. The Morgan fingerprint density at radius 2 is 1.67 bits per heavy atom. The van der Waals surface area contributed by atoms with Crippen molar-refractivity contribution in [2.45, 2.75) is 20.3 Å². The molecule has 0 fully saturated rings. The second-order valence-electron chi connectivity index (χ2n) is 7.52. The van der Waals surface area contributed by atoms with Gasteiger partial charge in [-0.1, -0.05) is 37.3 Å². The van der Waals surface area contributed by atoms with Crippen molar-refractivity contribution in [1.29, 1.82) is 0 Å². The number of H-pyrrole nitrogens is 1. The highest BCUT2D eigenvalue weighted by molar-refractivity contribution is 5.84. The highest BCUT2D eigenvalue weighted by Gasteiger charge is 2.17. The van der Waals surface area contributed by atoms with Crippen LogP contribution in [-0.2, 0) is 13.5 Å². The van der Waals surface area contributed by atoms with Crippen molar-refractivity contribution in [2.24, 2.45) is 12.0 Å². The third-order valence-corrected chi connectivity index (χ3v) is 5.57. The van der Waals surface area contributed by atoms with E-state index in [0.29, 0.717) is 17.1 Å². The average Bonchev–Trinajstić information content (AvgIpc) is 3.02. The lowest BCUT2D eigenvalue weighted by molar-refractivity contribution is 0.430. The van der Waals surface area contributed by atoms with Gasteiger partial charge in [0.2, 0.25) is 5.88 Å². The summed E-state index contributed by atoms with van der Waals surface area (Å²) in [4.78, 5) is 44.3. The zero-order valence-electron chi connectivity index (χ0n) is 18.4. The Morgan fingerprint density at radius 1 is 1.00 bits per heavy atom. The van der Waals surface area contributed by atoms with Crippen molar-refractivity contribution in [1.82, 2.24) is 18.9 Å². The molecule has 0 unspecified atom stereocenters. The van der Waals surface area contributed by atoms with E-state index < -0.39 is 17.1 Å². The highest BCUT2D eigenvalue weighted by atomic mass is 16.3. The molecule has 2 heterocycles. The van der Waals surface area contributed by atoms with E-state index in [-0.39, 0.29) is 16.8 Å². The molecule has 0 aliphatic heterocycles. The molecular formula is C24H23N5O4. The van der Waals surface area contributed by atoms with Crippen molar-refractivity contribution >= 4 is 11.9 Å². The smallest absolute Gasteiger partial charge is 0.335 e. The van der Waals surface area contributed by atoms with Crippen LogP contribution >= 0.6 is 0 Å². The molecule has 2 N–H and O–H groups in total. The second-order valence-corrected chi connectivity index (χ2v) is 7.52. The molecular weight excluding hydrogens is 422 g/mol. The lowest BCUT2D eigenvalue weighted by Crippen LogP contribution is -2.31. The lowest BCUT2D eigenvalue weighted by Gasteiger charge is -2.10. The highest BCUT2D eigenvalue weighted by Crippen LogP contribution is 2.19. The molecule has 0 bridgehead atoms. The van der Waals surface area contributed by atoms with Crippen LogP contribution in [0.3, 0.4) is 0 Å². The summed E-state index contributed by atoms with van der Waals surface area (Å²) in [5.41, 5.74) is 0.611. The topological polar surface area (TPSA) is 114 Å². The number of rotatable bonds is 5. The van der Waals surface area contributed by atoms with E-state index in [4.69, 9.17) is 0 Å². The van der Waals surface area contributed by atoms with Crippen LogP contribution in [0.2, 0.25) is 0 Å². The van der Waals surface area contributed by atoms with Crippen LogP contribution in [0.25, 0.3) is 11.4 Å². The first-order valence-electron chi connectivity index (χ1n) is 10.4. The lowest BCUT2D eigenvalue weighted by atomic mass is 10.1. The molecule has 0 saturated carbocycles. The number of aromatic amines is 1. The van der Waals surface area contributed by atoms with Crippen LogP contribution in [0, 0.1) is 6.92 Å². The first kappa shape index (κ1) is 21.8. The maximum absolute atomic E-state index is 13.0. The van der Waals surface area contributed by atoms with Crippen LogP contribution in [0.15, 0.2) is 74.0 Å². The van der Waals surface area contributed by atoms with Gasteiger partial charge in [-0.25, -0.2) is 19.0 Å². The van der Waals surface area contributed by atoms with Crippen LogP contribution in [0.5, 0.6) is 5.88 Å². The van der Waals surface area contributed by atoms with Gasteiger partial charge in [0, 0.05) is 13.3 Å². The summed E-state index contributed by atoms with van der Waals surface area (Å²) in [5, 5.41) is 10.7. The quantitative estimate of drug-likeness (QED) is 0.459. The van der Waals surface area contributed by atoms with Gasteiger partial charge in [-0.3, -0.25) is 19.3 Å². The van der Waals surface area contributed by atoms with Gasteiger partial charge in [0.05, 0.1) is 17.1 Å². The Hall–Kier alpha value is -4.40. The number of aliphatic imine (C=N–C) groups is 1. The minimum absolute atomic E-state index is 0.116. The Morgan fingerprint density at radius 3 is 2.30 bits per heavy atom. The van der Waals surface area contributed by atoms with E-state index in [2.05, 4.69) is 9.98 Å². The summed E-state index contributed by atoms with van der Waals surface area (Å²) in [6.07, 6.45) is 1.92. The normalized spacial score (nSPS) is 11.4. The molecule has 0 radical (unpaired) electrons. The third kappa shape index (κ3) is 3.84. The number of aryl methyl sites for hydroxylation is 1. The minimum Gasteiger partial charge on any atom is -0.493 e. The summed E-state index contributed by atoms with van der Waals surface area (Å²) in [6, 6.07) is 16.1. The molecule has 4 aromatic rings. The molecule has 168 valence electrons. The number of nitrogens with one attached hydrogen (secondary N) is 1. The minimum atomic E-state index is -0.806. The zero-order valence-corrected chi connectivity index (χ0v) is 18.4. The molecule has 0 atom stereocenters. The van der Waals surface area contributed by atoms with Crippen molar-refractivity contribution in [3.05, 3.63) is 103 Å². The molecule has 33 heavy (non-hydrogen) atoms. The maximum atomic E-state index is 13.0. The van der Waals surface area contributed by atoms with Crippen LogP contribution < -0.4 is 16.8 Å². The first-order valence-corrected chi connectivity index (χ1v) is 10.4. The van der Waals surface area contributed by atoms with Gasteiger partial charge in [0.1, 0.15) is 5.56 Å². The van der Waals surface area contributed by atoms with Crippen molar-refractivity contribution in [3.63, 3.8) is 0 Å². The van der Waals surface area contributed by atoms with Gasteiger partial charge in [0.15, 0.2) is 5.69 Å². The van der Waals surface area contributed by atoms with E-state index >= 15 is 0 Å². The summed E-state index contributed by atoms with van der Waals surface area (Å²) < 4.78 is 4.11. The van der Waals surface area contributed by atoms with Gasteiger partial charge in [-0.2, -0.15) is 0 Å². The van der Waals surface area contributed by atoms with E-state index in [1.165, 1.54) is 4.68 Å². The number of para-hydroxylation sites is 1. The molecule has 4 rings (SSSR count). The van der Waals surface area contributed by atoms with E-state index in [1.807, 2.05) is 37.3 Å². The summed E-state index contributed by atoms with van der Waals surface area (Å²) in [5.74, 6) is -0.561. The van der Waals surface area contributed by atoms with Crippen LogP contribution in [0.1, 0.15) is 23.7 Å². The number of hydrogen-bond acceptors (Lipinski definition) is 5. The van der Waals surface area contributed by atoms with Crippen molar-refractivity contribution in [3.8, 4) is 17.3 Å². The van der Waals surface area contributed by atoms with Crippen LogP contribution in [0.4, 0.5) is 5.69 Å². The molecule has 0 aliphatic rings. The Bertz CT molecular complexity index is 1520. The van der Waals surface area contributed by atoms with Gasteiger partial charge in [0.25, 0.3) is 11.1 Å². The predicted octanol–water partition coefficient (Wildman–Crippen LogP) is 2.34. The Balaban J connectivity index is 1.82. The number of nitrogens with zero attached hydrogens (tertiary/aromatic N) is 4. The SMILES string of the molecule is CCc1ccc(-n2c(O)c(C=Nc3c(C)n(C)n(-c4ccccc4)c3=O)c(=O)[nH]c2=O)cc1. The largest absolute Gasteiger partial charge is 0.493 e. The average molecular weight is 445 g/mol. The summed E-state index contributed by atoms with van der Waals surface area (Å²) in [6.45, 7) is 3.73. The van der Waals surface area contributed by atoms with Crippen molar-refractivity contribution in [2.75, 3.05) is 0 Å². The molecule has 0 aliphatic carbocycles. The van der Waals surface area contributed by atoms with E-state index in [0.717, 1.165) is 22.8 Å². The van der Waals surface area contributed by atoms with Gasteiger partial charge >= 0.3 is 5.69 Å². The fraction of sp³-hybridized carbons (Fsp3) is 0.167. The number of aromatic hydroxyl groups is 1. The standard InChI is InChI=1S/C24H23N5O4/c1-4-16-10-12-17(13-11-16)28-22(31)19(21(30)26-24(28)33)14-25-20-15(2)27(3)29(23(20)32)18-8-6-5-7-9-18/h5-14,31H,4H2,1-3H3,(H,26,30,33). The first-order chi connectivity index (χ1) is 15.8. The molecule has 0 spiro atoms. The van der Waals surface area contributed by atoms with E-state index in [1.54, 1.807) is 42.9 Å². The van der Waals surface area contributed by atoms with E-state index in [9.17, 15) is 19.5 Å². The fourth-order valence-electron chi connectivity index (χ4n) is 3.61. The number of aromatic nitrogens is 4. The van der Waals surface area contributed by atoms with Gasteiger partial charge in [-0.15, -0.1) is 0 Å². The third-order valence-electron chi connectivity index (χ3n) is 5.57. The van der Waals surface area contributed by atoms with Gasteiger partial charge < -0.3 is 5.11 Å². The Kier molecular flexibility index (Phi) is 5.70.